The first-order valence-corrected chi connectivity index (χ1v) is 5.46. The van der Waals surface area contributed by atoms with E-state index in [0.717, 1.165) is 19.4 Å². The van der Waals surface area contributed by atoms with Crippen LogP contribution in [0.25, 0.3) is 0 Å². The molecule has 1 saturated carbocycles. The summed E-state index contributed by atoms with van der Waals surface area (Å²) in [4.78, 5) is 11.6. The molecule has 0 aromatic carbocycles. The van der Waals surface area contributed by atoms with Crippen LogP contribution in [0.15, 0.2) is 0 Å². The number of nitrogens with one attached hydrogen (secondary N) is 2. The lowest BCUT2D eigenvalue weighted by atomic mass is 9.87. The molecule has 1 heterocycles. The van der Waals surface area contributed by atoms with E-state index >= 15 is 0 Å². The van der Waals surface area contributed by atoms with Gasteiger partial charge in [0.05, 0.1) is 5.92 Å². The summed E-state index contributed by atoms with van der Waals surface area (Å²) in [6, 6.07) is -0.311. The van der Waals surface area contributed by atoms with E-state index in [1.807, 2.05) is 0 Å². The largest absolute Gasteiger partial charge is 0.353 e. The van der Waals surface area contributed by atoms with Crippen molar-refractivity contribution in [3.8, 4) is 0 Å². The number of carbonyl (C=O) groups is 1. The number of carbonyl (C=O) groups excluding carboxylic acids is 1. The Morgan fingerprint density at radius 1 is 1.38 bits per heavy atom. The first-order chi connectivity index (χ1) is 7.07. The quantitative estimate of drug-likeness (QED) is 0.781. The van der Waals surface area contributed by atoms with Gasteiger partial charge in [-0.1, -0.05) is 0 Å². The fourth-order valence-corrected chi connectivity index (χ4v) is 2.16. The first-order valence-electron chi connectivity index (χ1n) is 5.46. The van der Waals surface area contributed by atoms with E-state index in [2.05, 4.69) is 10.6 Å². The molecule has 16 heavy (non-hydrogen) atoms. The Hall–Kier alpha value is -0.420. The molecule has 2 rings (SSSR count). The van der Waals surface area contributed by atoms with Crippen LogP contribution in [0.4, 0.5) is 8.78 Å². The van der Waals surface area contributed by atoms with Crippen LogP contribution >= 0.6 is 12.4 Å². The predicted octanol–water partition coefficient (Wildman–Crippen LogP) is 1.32. The van der Waals surface area contributed by atoms with Crippen molar-refractivity contribution >= 4 is 18.3 Å². The molecule has 1 atom stereocenters. The zero-order valence-corrected chi connectivity index (χ0v) is 9.79. The number of halogens is 3. The molecule has 1 aliphatic carbocycles. The normalized spacial score (nSPS) is 28.8. The predicted molar refractivity (Wildman–Crippen MR) is 59.0 cm³/mol. The standard InChI is InChI=1S/C10H16F2N2O.ClH/c11-10(12)4-8(5-10)14-9(15)7-2-1-3-13-6-7;/h7-8,13H,1-6H2,(H,14,15);1H/t7-;/m0./s1. The summed E-state index contributed by atoms with van der Waals surface area (Å²) in [6.45, 7) is 1.63. The van der Waals surface area contributed by atoms with E-state index in [1.165, 1.54) is 0 Å². The molecule has 0 radical (unpaired) electrons. The van der Waals surface area contributed by atoms with Crippen LogP contribution in [0, 0.1) is 5.92 Å². The van der Waals surface area contributed by atoms with Gasteiger partial charge in [-0.2, -0.15) is 0 Å². The first kappa shape index (κ1) is 13.6. The average Bonchev–Trinajstić information content (AvgIpc) is 2.16. The molecule has 0 unspecified atom stereocenters. The van der Waals surface area contributed by atoms with Crippen molar-refractivity contribution in [2.24, 2.45) is 5.92 Å². The Labute approximate surface area is 99.8 Å². The topological polar surface area (TPSA) is 41.1 Å². The lowest BCUT2D eigenvalue weighted by molar-refractivity contribution is -0.133. The zero-order valence-electron chi connectivity index (χ0n) is 8.97. The number of alkyl halides is 2. The molecule has 2 aliphatic rings. The van der Waals surface area contributed by atoms with Gasteiger partial charge in [-0.05, 0) is 19.4 Å². The van der Waals surface area contributed by atoms with E-state index < -0.39 is 5.92 Å². The van der Waals surface area contributed by atoms with Crippen molar-refractivity contribution in [1.82, 2.24) is 10.6 Å². The fraction of sp³-hybridized carbons (Fsp3) is 0.900. The lowest BCUT2D eigenvalue weighted by Gasteiger charge is -2.36. The molecule has 6 heteroatoms. The van der Waals surface area contributed by atoms with Crippen molar-refractivity contribution < 1.29 is 13.6 Å². The maximum absolute atomic E-state index is 12.5. The number of rotatable bonds is 2. The van der Waals surface area contributed by atoms with Gasteiger partial charge < -0.3 is 10.6 Å². The van der Waals surface area contributed by atoms with Crippen LogP contribution < -0.4 is 10.6 Å². The number of piperidine rings is 1. The highest BCUT2D eigenvalue weighted by Gasteiger charge is 2.46. The second-order valence-electron chi connectivity index (χ2n) is 4.51. The molecule has 94 valence electrons. The molecule has 3 nitrogen and oxygen atoms in total. The van der Waals surface area contributed by atoms with Crippen LogP contribution in [-0.2, 0) is 4.79 Å². The second kappa shape index (κ2) is 5.27. The van der Waals surface area contributed by atoms with Gasteiger partial charge in [-0.25, -0.2) is 8.78 Å². The molecule has 0 bridgehead atoms. The number of amides is 1. The molecule has 1 aliphatic heterocycles. The smallest absolute Gasteiger partial charge is 0.252 e. The summed E-state index contributed by atoms with van der Waals surface area (Å²) >= 11 is 0. The molecular weight excluding hydrogens is 238 g/mol. The summed E-state index contributed by atoms with van der Waals surface area (Å²) in [5, 5.41) is 5.82. The van der Waals surface area contributed by atoms with E-state index in [-0.39, 0.29) is 43.1 Å². The van der Waals surface area contributed by atoms with Crippen molar-refractivity contribution in [1.29, 1.82) is 0 Å². The molecule has 0 spiro atoms. The molecule has 2 fully saturated rings. The van der Waals surface area contributed by atoms with Gasteiger partial charge in [-0.15, -0.1) is 12.4 Å². The van der Waals surface area contributed by atoms with Crippen LogP contribution in [0.3, 0.4) is 0 Å². The third-order valence-corrected chi connectivity index (χ3v) is 3.10. The summed E-state index contributed by atoms with van der Waals surface area (Å²) < 4.78 is 25.0. The lowest BCUT2D eigenvalue weighted by Crippen LogP contribution is -2.53. The van der Waals surface area contributed by atoms with Gasteiger partial charge >= 0.3 is 0 Å². The third kappa shape index (κ3) is 3.28. The Balaban J connectivity index is 0.00000128. The third-order valence-electron chi connectivity index (χ3n) is 3.10. The Morgan fingerprint density at radius 3 is 2.56 bits per heavy atom. The maximum Gasteiger partial charge on any atom is 0.252 e. The van der Waals surface area contributed by atoms with Crippen molar-refractivity contribution in [2.45, 2.75) is 37.6 Å². The Kier molecular flexibility index (Phi) is 4.50. The summed E-state index contributed by atoms with van der Waals surface area (Å²) in [5.74, 6) is -2.65. The van der Waals surface area contributed by atoms with Crippen molar-refractivity contribution in [3.05, 3.63) is 0 Å². The Morgan fingerprint density at radius 2 is 2.06 bits per heavy atom. The SMILES string of the molecule is Cl.O=C(NC1CC(F)(F)C1)[C@H]1CCCNC1. The van der Waals surface area contributed by atoms with E-state index in [1.54, 1.807) is 0 Å². The average molecular weight is 255 g/mol. The highest BCUT2D eigenvalue weighted by Crippen LogP contribution is 2.37. The van der Waals surface area contributed by atoms with Crippen molar-refractivity contribution in [3.63, 3.8) is 0 Å². The molecule has 1 amide bonds. The van der Waals surface area contributed by atoms with Crippen LogP contribution in [-0.4, -0.2) is 31.0 Å². The minimum absolute atomic E-state index is 0. The summed E-state index contributed by atoms with van der Waals surface area (Å²) in [6.07, 6.45) is 1.46. The van der Waals surface area contributed by atoms with Crippen molar-refractivity contribution in [2.75, 3.05) is 13.1 Å². The highest BCUT2D eigenvalue weighted by atomic mass is 35.5. The van der Waals surface area contributed by atoms with Gasteiger partial charge in [0.25, 0.3) is 5.92 Å². The van der Waals surface area contributed by atoms with Gasteiger partial charge in [-0.3, -0.25) is 4.79 Å². The minimum atomic E-state index is -2.55. The van der Waals surface area contributed by atoms with E-state index in [4.69, 9.17) is 0 Å². The van der Waals surface area contributed by atoms with Crippen LogP contribution in [0.2, 0.25) is 0 Å². The molecule has 2 N–H and O–H groups in total. The van der Waals surface area contributed by atoms with Crippen LogP contribution in [0.5, 0.6) is 0 Å². The molecule has 1 saturated heterocycles. The summed E-state index contributed by atoms with van der Waals surface area (Å²) in [5.41, 5.74) is 0. The monoisotopic (exact) mass is 254 g/mol. The Bertz CT molecular complexity index is 249. The van der Waals surface area contributed by atoms with E-state index in [0.29, 0.717) is 6.54 Å². The molecule has 0 aromatic rings. The number of hydrogen-bond donors (Lipinski definition) is 2. The highest BCUT2D eigenvalue weighted by molar-refractivity contribution is 5.85. The zero-order chi connectivity index (χ0) is 10.9. The van der Waals surface area contributed by atoms with Gasteiger partial charge in [0, 0.05) is 25.4 Å². The van der Waals surface area contributed by atoms with Gasteiger partial charge in [0.15, 0.2) is 0 Å². The minimum Gasteiger partial charge on any atom is -0.353 e. The maximum atomic E-state index is 12.5. The molecule has 0 aromatic heterocycles. The fourth-order valence-electron chi connectivity index (χ4n) is 2.16. The van der Waals surface area contributed by atoms with Crippen LogP contribution in [0.1, 0.15) is 25.7 Å². The van der Waals surface area contributed by atoms with Gasteiger partial charge in [0.2, 0.25) is 5.91 Å². The summed E-state index contributed by atoms with van der Waals surface area (Å²) in [7, 11) is 0. The van der Waals surface area contributed by atoms with E-state index in [9.17, 15) is 13.6 Å². The van der Waals surface area contributed by atoms with Gasteiger partial charge in [0.1, 0.15) is 0 Å². The molecular formula is C10H17ClF2N2O. The second-order valence-corrected chi connectivity index (χ2v) is 4.51. The number of hydrogen-bond acceptors (Lipinski definition) is 2.